The largest absolute Gasteiger partial charge is 0.433 e. The lowest BCUT2D eigenvalue weighted by Gasteiger charge is -2.14. The Labute approximate surface area is 98.5 Å². The second-order valence-corrected chi connectivity index (χ2v) is 3.54. The fraction of sp³-hybridized carbons (Fsp3) is 0.600. The molecule has 1 aromatic rings. The minimum absolute atomic E-state index is 0.0217. The number of aliphatic hydroxyl groups excluding tert-OH is 1. The van der Waals surface area contributed by atoms with Crippen LogP contribution in [0.1, 0.15) is 12.2 Å². The van der Waals surface area contributed by atoms with Gasteiger partial charge in [-0.2, -0.15) is 0 Å². The Morgan fingerprint density at radius 3 is 2.94 bits per heavy atom. The first kappa shape index (κ1) is 13.6. The SMILES string of the molecule is COCCC(CO)NCc1ccc([N+](=O)[O-])o1. The number of rotatable bonds is 8. The van der Waals surface area contributed by atoms with Crippen molar-refractivity contribution < 1.29 is 19.2 Å². The molecular formula is C10H16N2O5. The minimum atomic E-state index is -0.585. The van der Waals surface area contributed by atoms with Gasteiger partial charge in [0.1, 0.15) is 10.7 Å². The number of ether oxygens (including phenoxy) is 1. The number of nitrogens with zero attached hydrogens (tertiary/aromatic N) is 1. The average Bonchev–Trinajstić information content (AvgIpc) is 2.78. The average molecular weight is 244 g/mol. The summed E-state index contributed by atoms with van der Waals surface area (Å²) >= 11 is 0. The molecule has 1 heterocycles. The summed E-state index contributed by atoms with van der Waals surface area (Å²) in [7, 11) is 1.59. The first-order valence-electron chi connectivity index (χ1n) is 5.23. The predicted molar refractivity (Wildman–Crippen MR) is 59.6 cm³/mol. The monoisotopic (exact) mass is 244 g/mol. The Kier molecular flexibility index (Phi) is 5.61. The van der Waals surface area contributed by atoms with Gasteiger partial charge in [0.2, 0.25) is 0 Å². The van der Waals surface area contributed by atoms with Gasteiger partial charge in [-0.3, -0.25) is 10.1 Å². The number of hydrogen-bond acceptors (Lipinski definition) is 6. The summed E-state index contributed by atoms with van der Waals surface area (Å²) in [5, 5.41) is 22.5. The normalized spacial score (nSPS) is 12.6. The van der Waals surface area contributed by atoms with Crippen molar-refractivity contribution in [3.05, 3.63) is 28.0 Å². The zero-order chi connectivity index (χ0) is 12.7. The summed E-state index contributed by atoms with van der Waals surface area (Å²) in [5.41, 5.74) is 0. The van der Waals surface area contributed by atoms with Crippen LogP contribution in [-0.4, -0.2) is 36.4 Å². The van der Waals surface area contributed by atoms with Crippen LogP contribution in [0.25, 0.3) is 0 Å². The third kappa shape index (κ3) is 4.51. The Morgan fingerprint density at radius 1 is 1.65 bits per heavy atom. The number of aliphatic hydroxyl groups is 1. The summed E-state index contributed by atoms with van der Waals surface area (Å²) < 4.78 is 9.87. The summed E-state index contributed by atoms with van der Waals surface area (Å²) in [6.45, 7) is 0.853. The van der Waals surface area contributed by atoms with Crippen LogP contribution >= 0.6 is 0 Å². The molecule has 0 radical (unpaired) electrons. The molecule has 0 saturated heterocycles. The highest BCUT2D eigenvalue weighted by atomic mass is 16.6. The number of hydrogen-bond donors (Lipinski definition) is 2. The van der Waals surface area contributed by atoms with E-state index in [1.807, 2.05) is 0 Å². The molecule has 2 N–H and O–H groups in total. The van der Waals surface area contributed by atoms with Gasteiger partial charge < -0.3 is 19.6 Å². The van der Waals surface area contributed by atoms with Crippen molar-refractivity contribution in [2.75, 3.05) is 20.3 Å². The van der Waals surface area contributed by atoms with Crippen LogP contribution < -0.4 is 5.32 Å². The first-order valence-corrected chi connectivity index (χ1v) is 5.23. The molecule has 96 valence electrons. The van der Waals surface area contributed by atoms with Crippen molar-refractivity contribution in [2.45, 2.75) is 19.0 Å². The highest BCUT2D eigenvalue weighted by Crippen LogP contribution is 2.15. The van der Waals surface area contributed by atoms with Crippen LogP contribution in [0.4, 0.5) is 5.88 Å². The van der Waals surface area contributed by atoms with Gasteiger partial charge in [-0.1, -0.05) is 0 Å². The Bertz CT molecular complexity index is 352. The van der Waals surface area contributed by atoms with Crippen molar-refractivity contribution >= 4 is 5.88 Å². The molecule has 0 aliphatic carbocycles. The second-order valence-electron chi connectivity index (χ2n) is 3.54. The number of nitro groups is 1. The zero-order valence-corrected chi connectivity index (χ0v) is 9.59. The fourth-order valence-corrected chi connectivity index (χ4v) is 1.32. The predicted octanol–water partition coefficient (Wildman–Crippen LogP) is 0.675. The van der Waals surface area contributed by atoms with Crippen molar-refractivity contribution in [1.82, 2.24) is 5.32 Å². The van der Waals surface area contributed by atoms with E-state index in [4.69, 9.17) is 14.3 Å². The lowest BCUT2D eigenvalue weighted by molar-refractivity contribution is -0.402. The van der Waals surface area contributed by atoms with Crippen LogP contribution in [0.2, 0.25) is 0 Å². The maximum atomic E-state index is 10.4. The molecule has 1 unspecified atom stereocenters. The smallest absolute Gasteiger partial charge is 0.404 e. The molecule has 0 aliphatic heterocycles. The third-order valence-electron chi connectivity index (χ3n) is 2.28. The van der Waals surface area contributed by atoms with E-state index in [1.54, 1.807) is 7.11 Å². The van der Waals surface area contributed by atoms with Gasteiger partial charge in [-0.25, -0.2) is 0 Å². The molecule has 1 rings (SSSR count). The summed E-state index contributed by atoms with van der Waals surface area (Å²) in [6, 6.07) is 2.73. The standard InChI is InChI=1S/C10H16N2O5/c1-16-5-4-8(7-13)11-6-9-2-3-10(17-9)12(14)15/h2-3,8,11,13H,4-7H2,1H3. The van der Waals surface area contributed by atoms with Gasteiger partial charge in [0.25, 0.3) is 0 Å². The molecule has 17 heavy (non-hydrogen) atoms. The van der Waals surface area contributed by atoms with E-state index in [0.717, 1.165) is 0 Å². The van der Waals surface area contributed by atoms with Crippen molar-refractivity contribution in [3.63, 3.8) is 0 Å². The quantitative estimate of drug-likeness (QED) is 0.515. The van der Waals surface area contributed by atoms with Gasteiger partial charge in [-0.05, 0) is 12.5 Å². The number of nitrogens with one attached hydrogen (secondary N) is 1. The van der Waals surface area contributed by atoms with Crippen LogP contribution in [0.3, 0.4) is 0 Å². The van der Waals surface area contributed by atoms with Gasteiger partial charge in [0, 0.05) is 19.8 Å². The Hall–Kier alpha value is -1.44. The molecule has 0 aromatic carbocycles. The van der Waals surface area contributed by atoms with Crippen LogP contribution in [0.15, 0.2) is 16.5 Å². The van der Waals surface area contributed by atoms with Crippen molar-refractivity contribution in [2.24, 2.45) is 0 Å². The number of furan rings is 1. The fourth-order valence-electron chi connectivity index (χ4n) is 1.32. The molecule has 0 aliphatic rings. The molecule has 0 saturated carbocycles. The number of methoxy groups -OCH3 is 1. The van der Waals surface area contributed by atoms with Gasteiger partial charge in [-0.15, -0.1) is 0 Å². The minimum Gasteiger partial charge on any atom is -0.404 e. The maximum Gasteiger partial charge on any atom is 0.433 e. The summed E-state index contributed by atoms with van der Waals surface area (Å²) in [5.74, 6) is 0.187. The molecule has 0 bridgehead atoms. The van der Waals surface area contributed by atoms with Gasteiger partial charge >= 0.3 is 5.88 Å². The maximum absolute atomic E-state index is 10.4. The molecule has 1 aromatic heterocycles. The molecule has 7 heteroatoms. The van der Waals surface area contributed by atoms with E-state index >= 15 is 0 Å². The van der Waals surface area contributed by atoms with E-state index in [2.05, 4.69) is 5.32 Å². The zero-order valence-electron chi connectivity index (χ0n) is 9.59. The van der Waals surface area contributed by atoms with E-state index in [1.165, 1.54) is 12.1 Å². The lowest BCUT2D eigenvalue weighted by Crippen LogP contribution is -2.32. The molecule has 1 atom stereocenters. The molecule has 0 fully saturated rings. The van der Waals surface area contributed by atoms with Crippen LogP contribution in [-0.2, 0) is 11.3 Å². The van der Waals surface area contributed by atoms with E-state index in [-0.39, 0.29) is 18.5 Å². The van der Waals surface area contributed by atoms with E-state index in [0.29, 0.717) is 25.3 Å². The third-order valence-corrected chi connectivity index (χ3v) is 2.28. The van der Waals surface area contributed by atoms with Crippen LogP contribution in [0, 0.1) is 10.1 Å². The molecule has 0 amide bonds. The molecular weight excluding hydrogens is 228 g/mol. The molecule has 7 nitrogen and oxygen atoms in total. The Balaban J connectivity index is 2.39. The van der Waals surface area contributed by atoms with Gasteiger partial charge in [0.15, 0.2) is 0 Å². The van der Waals surface area contributed by atoms with Crippen molar-refractivity contribution in [3.8, 4) is 0 Å². The first-order chi connectivity index (χ1) is 8.17. The second kappa shape index (κ2) is 7.00. The summed E-state index contributed by atoms with van der Waals surface area (Å²) in [4.78, 5) is 9.80. The topological polar surface area (TPSA) is 97.8 Å². The summed E-state index contributed by atoms with van der Waals surface area (Å²) in [6.07, 6.45) is 0.663. The van der Waals surface area contributed by atoms with E-state index < -0.39 is 4.92 Å². The lowest BCUT2D eigenvalue weighted by atomic mass is 10.2. The van der Waals surface area contributed by atoms with E-state index in [9.17, 15) is 10.1 Å². The van der Waals surface area contributed by atoms with Crippen LogP contribution in [0.5, 0.6) is 0 Å². The van der Waals surface area contributed by atoms with Crippen molar-refractivity contribution in [1.29, 1.82) is 0 Å². The highest BCUT2D eigenvalue weighted by molar-refractivity contribution is 5.17. The highest BCUT2D eigenvalue weighted by Gasteiger charge is 2.13. The molecule has 0 spiro atoms. The van der Waals surface area contributed by atoms with Gasteiger partial charge in [0.05, 0.1) is 19.2 Å². The Morgan fingerprint density at radius 2 is 2.41 bits per heavy atom.